The summed E-state index contributed by atoms with van der Waals surface area (Å²) < 4.78 is 5.41. The van der Waals surface area contributed by atoms with Crippen LogP contribution in [0.3, 0.4) is 0 Å². The molecular weight excluding hydrogens is 278 g/mol. The van der Waals surface area contributed by atoms with E-state index in [0.717, 1.165) is 24.8 Å². The lowest BCUT2D eigenvalue weighted by molar-refractivity contribution is -0.137. The molecule has 0 aromatic carbocycles. The van der Waals surface area contributed by atoms with Crippen molar-refractivity contribution in [1.29, 1.82) is 0 Å². The molecule has 1 N–H and O–H groups in total. The molecule has 0 bridgehead atoms. The highest BCUT2D eigenvalue weighted by molar-refractivity contribution is 5.93. The Morgan fingerprint density at radius 3 is 2.95 bits per heavy atom. The number of ether oxygens (including phenoxy) is 1. The first kappa shape index (κ1) is 16.5. The number of hydrogen-bond acceptors (Lipinski definition) is 3. The fourth-order valence-electron chi connectivity index (χ4n) is 2.93. The van der Waals surface area contributed by atoms with Crippen LogP contribution in [0.25, 0.3) is 0 Å². The van der Waals surface area contributed by atoms with E-state index in [1.165, 1.54) is 5.57 Å². The highest BCUT2D eigenvalue weighted by atomic mass is 16.5. The number of nitrogens with one attached hydrogen (secondary N) is 1. The van der Waals surface area contributed by atoms with Crippen molar-refractivity contribution in [3.05, 3.63) is 35.5 Å². The maximum atomic E-state index is 12.2. The van der Waals surface area contributed by atoms with Crippen molar-refractivity contribution < 1.29 is 14.3 Å². The molecule has 4 nitrogen and oxygen atoms in total. The Hall–Kier alpha value is -1.84. The van der Waals surface area contributed by atoms with Crippen molar-refractivity contribution in [1.82, 2.24) is 5.32 Å². The molecule has 0 aromatic heterocycles. The molecule has 1 fully saturated rings. The van der Waals surface area contributed by atoms with Crippen LogP contribution in [0.1, 0.15) is 46.0 Å². The predicted molar refractivity (Wildman–Crippen MR) is 86.1 cm³/mol. The van der Waals surface area contributed by atoms with Gasteiger partial charge in [-0.25, -0.2) is 4.79 Å². The van der Waals surface area contributed by atoms with Crippen molar-refractivity contribution in [2.75, 3.05) is 6.54 Å². The third kappa shape index (κ3) is 3.87. The molecule has 1 aliphatic carbocycles. The molecule has 1 saturated heterocycles. The number of fused-ring (bicyclic) bond motifs is 1. The zero-order chi connectivity index (χ0) is 16.1. The van der Waals surface area contributed by atoms with E-state index in [1.54, 1.807) is 0 Å². The first-order chi connectivity index (χ1) is 10.5. The molecule has 1 heterocycles. The van der Waals surface area contributed by atoms with Gasteiger partial charge in [-0.15, -0.1) is 0 Å². The summed E-state index contributed by atoms with van der Waals surface area (Å²) in [4.78, 5) is 24.0. The minimum Gasteiger partial charge on any atom is -0.454 e. The molecule has 4 heteroatoms. The Bertz CT molecular complexity index is 530. The summed E-state index contributed by atoms with van der Waals surface area (Å²) in [5.41, 5.74) is 2.53. The molecule has 0 aromatic rings. The first-order valence-electron chi connectivity index (χ1n) is 8.07. The molecule has 22 heavy (non-hydrogen) atoms. The average Bonchev–Trinajstić information content (AvgIpc) is 2.75. The van der Waals surface area contributed by atoms with E-state index in [1.807, 2.05) is 26.0 Å². The lowest BCUT2D eigenvalue weighted by Gasteiger charge is -2.18. The van der Waals surface area contributed by atoms with Crippen LogP contribution in [0.15, 0.2) is 35.5 Å². The van der Waals surface area contributed by atoms with Crippen LogP contribution in [0.5, 0.6) is 0 Å². The molecule has 0 spiro atoms. The third-order valence-corrected chi connectivity index (χ3v) is 4.28. The van der Waals surface area contributed by atoms with Gasteiger partial charge in [-0.3, -0.25) is 4.79 Å². The zero-order valence-corrected chi connectivity index (χ0v) is 13.5. The molecule has 2 atom stereocenters. The van der Waals surface area contributed by atoms with Crippen molar-refractivity contribution in [2.24, 2.45) is 5.92 Å². The molecule has 2 rings (SSSR count). The number of carbonyl (C=O) groups is 2. The molecular formula is C18H25NO3. The maximum Gasteiger partial charge on any atom is 0.334 e. The summed E-state index contributed by atoms with van der Waals surface area (Å²) in [5, 5.41) is 2.93. The molecule has 2 aliphatic rings. The smallest absolute Gasteiger partial charge is 0.334 e. The van der Waals surface area contributed by atoms with Crippen LogP contribution < -0.4 is 5.32 Å². The summed E-state index contributed by atoms with van der Waals surface area (Å²) >= 11 is 0. The van der Waals surface area contributed by atoms with E-state index < -0.39 is 0 Å². The van der Waals surface area contributed by atoms with Gasteiger partial charge in [0.2, 0.25) is 5.91 Å². The molecule has 0 saturated carbocycles. The minimum absolute atomic E-state index is 0.0106. The Labute approximate surface area is 132 Å². The molecule has 0 radical (unpaired) electrons. The topological polar surface area (TPSA) is 55.4 Å². The highest BCUT2D eigenvalue weighted by Gasteiger charge is 2.37. The van der Waals surface area contributed by atoms with E-state index >= 15 is 0 Å². The number of carbonyl (C=O) groups excluding carboxylic acids is 2. The fraction of sp³-hybridized carbons (Fsp3) is 0.556. The van der Waals surface area contributed by atoms with Crippen LogP contribution in [0, 0.1) is 5.92 Å². The molecule has 1 aliphatic heterocycles. The van der Waals surface area contributed by atoms with Gasteiger partial charge in [0, 0.05) is 23.6 Å². The van der Waals surface area contributed by atoms with Crippen LogP contribution >= 0.6 is 0 Å². The lowest BCUT2D eigenvalue weighted by Crippen LogP contribution is -2.26. The van der Waals surface area contributed by atoms with Crippen molar-refractivity contribution in [2.45, 2.75) is 52.1 Å². The normalized spacial score (nSPS) is 30.5. The highest BCUT2D eigenvalue weighted by Crippen LogP contribution is 2.34. The minimum atomic E-state index is -0.306. The van der Waals surface area contributed by atoms with E-state index in [0.29, 0.717) is 25.0 Å². The number of rotatable bonds is 3. The van der Waals surface area contributed by atoms with E-state index in [4.69, 9.17) is 4.74 Å². The maximum absolute atomic E-state index is 12.2. The number of hydrogen-bond donors (Lipinski definition) is 1. The van der Waals surface area contributed by atoms with Gasteiger partial charge in [-0.2, -0.15) is 0 Å². The van der Waals surface area contributed by atoms with Crippen molar-refractivity contribution >= 4 is 11.9 Å². The van der Waals surface area contributed by atoms with Crippen molar-refractivity contribution in [3.8, 4) is 0 Å². The predicted octanol–water partition coefficient (Wildman–Crippen LogP) is 3.06. The number of amides is 1. The lowest BCUT2D eigenvalue weighted by atomic mass is 9.87. The van der Waals surface area contributed by atoms with Gasteiger partial charge < -0.3 is 10.1 Å². The second-order valence-corrected chi connectivity index (χ2v) is 6.08. The second-order valence-electron chi connectivity index (χ2n) is 6.08. The fourth-order valence-corrected chi connectivity index (χ4v) is 2.93. The third-order valence-electron chi connectivity index (χ3n) is 4.28. The van der Waals surface area contributed by atoms with Gasteiger partial charge in [0.1, 0.15) is 6.10 Å². The van der Waals surface area contributed by atoms with Gasteiger partial charge in [0.25, 0.3) is 0 Å². The Morgan fingerprint density at radius 1 is 1.45 bits per heavy atom. The number of esters is 1. The Kier molecular flexibility index (Phi) is 5.58. The second kappa shape index (κ2) is 7.43. The average molecular weight is 303 g/mol. The molecule has 0 unspecified atom stereocenters. The standard InChI is InChI=1S/C18H25NO3/c1-4-10-19-17(20)14-7-5-6-12(2)11-16-15(9-8-14)13(3)18(21)22-16/h7,11,15-16H,3-6,8-10H2,1-2H3,(H,19,20)/b12-11+,14-7+/t15-,16+/m0/s1. The Morgan fingerprint density at radius 2 is 2.23 bits per heavy atom. The van der Waals surface area contributed by atoms with E-state index in [-0.39, 0.29) is 23.9 Å². The van der Waals surface area contributed by atoms with Crippen LogP contribution in [0.4, 0.5) is 0 Å². The monoisotopic (exact) mass is 303 g/mol. The number of allylic oxidation sites excluding steroid dienone is 2. The molecule has 120 valence electrons. The summed E-state index contributed by atoms with van der Waals surface area (Å²) in [6.45, 7) is 8.63. The largest absolute Gasteiger partial charge is 0.454 e. The SMILES string of the molecule is C=C1C(=O)O[C@@H]2/C=C(\C)CC/C=C(/C(=O)NCCC)CC[C@@H]12. The van der Waals surface area contributed by atoms with Crippen LogP contribution in [-0.4, -0.2) is 24.5 Å². The molecule has 1 amide bonds. The van der Waals surface area contributed by atoms with Crippen LogP contribution in [0.2, 0.25) is 0 Å². The summed E-state index contributed by atoms with van der Waals surface area (Å²) in [5.74, 6) is -0.321. The van der Waals surface area contributed by atoms with Crippen LogP contribution in [-0.2, 0) is 14.3 Å². The van der Waals surface area contributed by atoms with Gasteiger partial charge in [-0.05, 0) is 45.1 Å². The Balaban J connectivity index is 2.15. The van der Waals surface area contributed by atoms with Gasteiger partial charge in [0.05, 0.1) is 0 Å². The van der Waals surface area contributed by atoms with Gasteiger partial charge >= 0.3 is 5.97 Å². The quantitative estimate of drug-likeness (QED) is 0.495. The summed E-state index contributed by atoms with van der Waals surface area (Å²) in [6, 6.07) is 0. The van der Waals surface area contributed by atoms with Crippen molar-refractivity contribution in [3.63, 3.8) is 0 Å². The van der Waals surface area contributed by atoms with E-state index in [2.05, 4.69) is 11.9 Å². The zero-order valence-electron chi connectivity index (χ0n) is 13.5. The summed E-state index contributed by atoms with van der Waals surface area (Å²) in [6.07, 6.45) is 7.84. The summed E-state index contributed by atoms with van der Waals surface area (Å²) in [7, 11) is 0. The van der Waals surface area contributed by atoms with Gasteiger partial charge in [0.15, 0.2) is 0 Å². The van der Waals surface area contributed by atoms with E-state index in [9.17, 15) is 9.59 Å². The van der Waals surface area contributed by atoms with Gasteiger partial charge in [-0.1, -0.05) is 25.2 Å². The first-order valence-corrected chi connectivity index (χ1v) is 8.07.